The lowest BCUT2D eigenvalue weighted by molar-refractivity contribution is -0.133. The van der Waals surface area contributed by atoms with Gasteiger partial charge in [-0.25, -0.2) is 4.98 Å². The average molecular weight is 561 g/mol. The summed E-state index contributed by atoms with van der Waals surface area (Å²) >= 11 is 7.82. The number of ether oxygens (including phenoxy) is 1. The molecule has 1 aromatic heterocycles. The lowest BCUT2D eigenvalue weighted by Crippen LogP contribution is -2.50. The van der Waals surface area contributed by atoms with Crippen molar-refractivity contribution >= 4 is 34.5 Å². The van der Waals surface area contributed by atoms with Crippen molar-refractivity contribution < 1.29 is 9.53 Å². The Balaban J connectivity index is 1.26. The quantitative estimate of drug-likeness (QED) is 0.238. The Morgan fingerprint density at radius 3 is 2.54 bits per heavy atom. The summed E-state index contributed by atoms with van der Waals surface area (Å²) in [6.07, 6.45) is 1.84. The Hall–Kier alpha value is -3.39. The summed E-state index contributed by atoms with van der Waals surface area (Å²) in [6, 6.07) is 24.6. The van der Waals surface area contributed by atoms with E-state index in [9.17, 15) is 4.79 Å². The minimum atomic E-state index is 0.00309. The second kappa shape index (κ2) is 12.6. The zero-order valence-corrected chi connectivity index (χ0v) is 23.9. The second-order valence-corrected chi connectivity index (χ2v) is 11.1. The van der Waals surface area contributed by atoms with Crippen molar-refractivity contribution in [1.82, 2.24) is 14.8 Å². The molecule has 8 heteroatoms. The van der Waals surface area contributed by atoms with Gasteiger partial charge in [-0.2, -0.15) is 0 Å². The predicted octanol–water partition coefficient (Wildman–Crippen LogP) is 6.38. The highest BCUT2D eigenvalue weighted by molar-refractivity contribution is 7.09. The molecular formula is C31H33ClN4O2S. The smallest absolute Gasteiger partial charge is 0.260 e. The number of hydrogen-bond acceptors (Lipinski definition) is 6. The van der Waals surface area contributed by atoms with Gasteiger partial charge in [-0.1, -0.05) is 54.1 Å². The molecule has 2 heterocycles. The van der Waals surface area contributed by atoms with Crippen molar-refractivity contribution in [1.29, 1.82) is 0 Å². The number of carbonyl (C=O) groups is 1. The summed E-state index contributed by atoms with van der Waals surface area (Å²) in [5, 5.41) is 3.80. The van der Waals surface area contributed by atoms with Gasteiger partial charge in [0.15, 0.2) is 6.61 Å². The molecule has 1 aliphatic heterocycles. The van der Waals surface area contributed by atoms with Gasteiger partial charge in [0.2, 0.25) is 0 Å². The number of thiazole rings is 1. The number of hydrogen-bond donors (Lipinski definition) is 0. The molecule has 4 aromatic rings. The third-order valence-electron chi connectivity index (χ3n) is 7.21. The van der Waals surface area contributed by atoms with Gasteiger partial charge in [0.25, 0.3) is 5.91 Å². The number of halogens is 1. The van der Waals surface area contributed by atoms with Crippen molar-refractivity contribution in [3.63, 3.8) is 0 Å². The van der Waals surface area contributed by atoms with Crippen LogP contribution in [0.2, 0.25) is 5.02 Å². The Bertz CT molecular complexity index is 1370. The van der Waals surface area contributed by atoms with Crippen molar-refractivity contribution in [3.8, 4) is 16.9 Å². The van der Waals surface area contributed by atoms with E-state index in [-0.39, 0.29) is 18.6 Å². The number of nitrogens with zero attached hydrogens (tertiary/aromatic N) is 4. The van der Waals surface area contributed by atoms with Crippen LogP contribution in [0.1, 0.15) is 23.5 Å². The van der Waals surface area contributed by atoms with Crippen LogP contribution < -0.4 is 9.64 Å². The Morgan fingerprint density at radius 1 is 1.03 bits per heavy atom. The zero-order chi connectivity index (χ0) is 27.2. The van der Waals surface area contributed by atoms with Crippen LogP contribution in [0.25, 0.3) is 11.1 Å². The first-order valence-corrected chi connectivity index (χ1v) is 14.4. The fourth-order valence-electron chi connectivity index (χ4n) is 4.81. The van der Waals surface area contributed by atoms with Crippen molar-refractivity contribution in [2.45, 2.75) is 19.5 Å². The van der Waals surface area contributed by atoms with Gasteiger partial charge >= 0.3 is 0 Å². The van der Waals surface area contributed by atoms with E-state index in [2.05, 4.69) is 59.1 Å². The highest BCUT2D eigenvalue weighted by Crippen LogP contribution is 2.30. The average Bonchev–Trinajstić information content (AvgIpc) is 3.51. The number of amides is 1. The summed E-state index contributed by atoms with van der Waals surface area (Å²) < 4.78 is 6.18. The summed E-state index contributed by atoms with van der Waals surface area (Å²) in [5.41, 5.74) is 4.40. The molecule has 6 nitrogen and oxygen atoms in total. The molecule has 5 rings (SSSR count). The molecule has 1 amide bonds. The number of piperazine rings is 1. The van der Waals surface area contributed by atoms with Gasteiger partial charge in [-0.15, -0.1) is 11.3 Å². The molecule has 0 aliphatic carbocycles. The molecule has 0 spiro atoms. The van der Waals surface area contributed by atoms with Gasteiger partial charge in [0.1, 0.15) is 10.8 Å². The molecule has 202 valence electrons. The first-order chi connectivity index (χ1) is 19.0. The number of anilines is 1. The molecule has 39 heavy (non-hydrogen) atoms. The normalized spacial score (nSPS) is 14.5. The van der Waals surface area contributed by atoms with Crippen LogP contribution in [0.15, 0.2) is 84.4 Å². The third kappa shape index (κ3) is 6.79. The van der Waals surface area contributed by atoms with Gasteiger partial charge in [0, 0.05) is 60.6 Å². The van der Waals surface area contributed by atoms with E-state index >= 15 is 0 Å². The minimum Gasteiger partial charge on any atom is -0.483 e. The molecule has 1 fully saturated rings. The number of rotatable bonds is 9. The van der Waals surface area contributed by atoms with Gasteiger partial charge in [0.05, 0.1) is 6.04 Å². The topological polar surface area (TPSA) is 48.9 Å². The minimum absolute atomic E-state index is 0.00309. The third-order valence-corrected chi connectivity index (χ3v) is 8.40. The van der Waals surface area contributed by atoms with Crippen LogP contribution in [0.5, 0.6) is 5.75 Å². The summed E-state index contributed by atoms with van der Waals surface area (Å²) in [5.74, 6) is 0.738. The lowest BCUT2D eigenvalue weighted by Gasteiger charge is -2.36. The summed E-state index contributed by atoms with van der Waals surface area (Å²) in [4.78, 5) is 24.0. The van der Waals surface area contributed by atoms with Gasteiger partial charge in [-0.05, 0) is 55.4 Å². The van der Waals surface area contributed by atoms with E-state index in [0.717, 1.165) is 51.2 Å². The standard InChI is InChI=1S/C31H33ClN4O2S/c1-23(31-33-13-18-39-31)34(2)21-26-19-25(24-7-4-3-5-8-24)11-12-29(26)38-22-30(37)36-16-14-35(15-17-36)28-10-6-9-27(32)20-28/h3-13,18-20,23H,14-17,21-22H2,1-2H3/t23-/m1/s1. The molecule has 1 atom stereocenters. The van der Waals surface area contributed by atoms with Crippen molar-refractivity contribution in [2.75, 3.05) is 44.7 Å². The molecule has 0 N–H and O–H groups in total. The molecular weight excluding hydrogens is 528 g/mol. The fourth-order valence-corrected chi connectivity index (χ4v) is 5.75. The van der Waals surface area contributed by atoms with Crippen molar-refractivity contribution in [2.24, 2.45) is 0 Å². The first-order valence-electron chi connectivity index (χ1n) is 13.2. The largest absolute Gasteiger partial charge is 0.483 e. The maximum atomic E-state index is 13.1. The molecule has 3 aromatic carbocycles. The van der Waals surface area contributed by atoms with E-state index in [4.69, 9.17) is 16.3 Å². The van der Waals surface area contributed by atoms with Crippen LogP contribution in [0.4, 0.5) is 5.69 Å². The highest BCUT2D eigenvalue weighted by atomic mass is 35.5. The van der Waals surface area contributed by atoms with Crippen LogP contribution in [-0.4, -0.2) is 60.5 Å². The monoisotopic (exact) mass is 560 g/mol. The van der Waals surface area contributed by atoms with E-state index < -0.39 is 0 Å². The van der Waals surface area contributed by atoms with E-state index in [1.165, 1.54) is 0 Å². The van der Waals surface area contributed by atoms with Crippen molar-refractivity contribution in [3.05, 3.63) is 100.0 Å². The highest BCUT2D eigenvalue weighted by Gasteiger charge is 2.23. The van der Waals surface area contributed by atoms with Crippen LogP contribution >= 0.6 is 22.9 Å². The Labute approximate surface area is 239 Å². The maximum Gasteiger partial charge on any atom is 0.260 e. The van der Waals surface area contributed by atoms with Gasteiger partial charge in [-0.3, -0.25) is 9.69 Å². The van der Waals surface area contributed by atoms with E-state index in [1.54, 1.807) is 11.3 Å². The van der Waals surface area contributed by atoms with Crippen LogP contribution in [0.3, 0.4) is 0 Å². The fraction of sp³-hybridized carbons (Fsp3) is 0.290. The Morgan fingerprint density at radius 2 is 1.82 bits per heavy atom. The molecule has 0 radical (unpaired) electrons. The lowest BCUT2D eigenvalue weighted by atomic mass is 10.0. The SMILES string of the molecule is C[C@H](c1nccs1)N(C)Cc1cc(-c2ccccc2)ccc1OCC(=O)N1CCN(c2cccc(Cl)c2)CC1. The number of benzene rings is 3. The molecule has 0 unspecified atom stereocenters. The van der Waals surface area contributed by atoms with Crippen LogP contribution in [0, 0.1) is 0 Å². The summed E-state index contributed by atoms with van der Waals surface area (Å²) in [6.45, 7) is 5.69. The molecule has 1 aliphatic rings. The number of aromatic nitrogens is 1. The Kier molecular flexibility index (Phi) is 8.81. The number of carbonyl (C=O) groups excluding carboxylic acids is 1. The molecule has 0 saturated carbocycles. The van der Waals surface area contributed by atoms with Crippen LogP contribution in [-0.2, 0) is 11.3 Å². The van der Waals surface area contributed by atoms with E-state index in [1.807, 2.05) is 58.9 Å². The summed E-state index contributed by atoms with van der Waals surface area (Å²) in [7, 11) is 2.09. The molecule has 1 saturated heterocycles. The molecule has 0 bridgehead atoms. The predicted molar refractivity (Wildman–Crippen MR) is 160 cm³/mol. The van der Waals surface area contributed by atoms with Gasteiger partial charge < -0.3 is 14.5 Å². The van der Waals surface area contributed by atoms with E-state index in [0.29, 0.717) is 19.6 Å². The maximum absolute atomic E-state index is 13.1. The first kappa shape index (κ1) is 27.2. The zero-order valence-electron chi connectivity index (χ0n) is 22.3. The second-order valence-electron chi connectivity index (χ2n) is 9.79.